The van der Waals surface area contributed by atoms with Crippen molar-refractivity contribution in [1.82, 2.24) is 0 Å². The van der Waals surface area contributed by atoms with Crippen LogP contribution in [0.15, 0.2) is 35.9 Å². The van der Waals surface area contributed by atoms with Crippen molar-refractivity contribution in [2.75, 3.05) is 28.4 Å². The highest BCUT2D eigenvalue weighted by Crippen LogP contribution is 2.71. The standard InChI is InChI=1S/C62H94O23/c1-30-52(66)41(71-9)25-48(75-30)83-54-33(4)78-50(27-43(54)73-11)85-56-34(5)79-51(28-44(56)74-12)84-55-32(3)77-49(26-42(55)72-10)82-53-31(2)76-47(24-40(53)65)80-39-18-19-58(7)37(23-39)17-20-61(69)45(58)29-46(81-57(67)36-13-15-38(64)16-14-36)59(8)60(68,35(6)63)21-22-62(59,61)70/h13-17,30-34,39-56,64-66,68-70H,18-29H2,1-12H3/t30-,31+,32+,33+,34-,39-,40-,41+,42+,43-,44+,45+,46+,47-,48-,49-,50-,51-,52-,53+,54+,55+,56-,58-,59+,60+,61-,62+/m0/s1. The van der Waals surface area contributed by atoms with Crippen molar-refractivity contribution in [3.63, 3.8) is 0 Å². The van der Waals surface area contributed by atoms with Crippen molar-refractivity contribution in [1.29, 1.82) is 0 Å². The van der Waals surface area contributed by atoms with Gasteiger partial charge in [-0.3, -0.25) is 4.79 Å². The highest BCUT2D eigenvalue weighted by Gasteiger charge is 2.81. The van der Waals surface area contributed by atoms with E-state index in [4.69, 9.17) is 71.1 Å². The summed E-state index contributed by atoms with van der Waals surface area (Å²) in [6.07, 6.45) is -8.45. The number of ketones is 1. The zero-order valence-corrected chi connectivity index (χ0v) is 51.3. The fourth-order valence-electron chi connectivity index (χ4n) is 16.4. The second-order valence-corrected chi connectivity index (χ2v) is 26.1. The monoisotopic (exact) mass is 1210 g/mol. The lowest BCUT2D eigenvalue weighted by atomic mass is 9.42. The topological polar surface area (TPSA) is 294 Å². The van der Waals surface area contributed by atoms with Crippen molar-refractivity contribution in [2.45, 2.75) is 284 Å². The molecule has 5 aliphatic heterocycles. The SMILES string of the molecule is CO[C@H]1C[C@H](O[C@H]2[C@H](C)O[C@@H](O[C@@H]3[C@@H](C)O[C@@H](O[C@H]4[C@@H](O)C[C@H](O[C@H]5CC[C@@]6(C)C(=CC[C@]7(O)[C@@H]6C[C@@H](OC(=O)c6ccc(O)cc6)[C@@]6(C)[C@]7(O)CC[C@@]6(O)C(C)=O)C5)O[C@@H]4C)C[C@H]3OC)C[C@H]2OC)O[C@H](C)[C@H]1O[C@H]1C[C@@H](OC)[C@@H](O)[C@H](C)O1. The largest absolute Gasteiger partial charge is 0.508 e. The zero-order valence-electron chi connectivity index (χ0n) is 51.3. The van der Waals surface area contributed by atoms with Gasteiger partial charge in [-0.25, -0.2) is 4.79 Å². The average Bonchev–Trinajstić information content (AvgIpc) is 1.82. The van der Waals surface area contributed by atoms with Crippen molar-refractivity contribution < 1.29 is 111 Å². The second-order valence-electron chi connectivity index (χ2n) is 26.1. The molecule has 9 aliphatic rings. The van der Waals surface area contributed by atoms with E-state index in [1.54, 1.807) is 42.3 Å². The van der Waals surface area contributed by atoms with Crippen molar-refractivity contribution in [3.8, 4) is 5.75 Å². The van der Waals surface area contributed by atoms with Crippen LogP contribution in [0.2, 0.25) is 0 Å². The number of benzene rings is 1. The first-order chi connectivity index (χ1) is 40.2. The molecular weight excluding hydrogens is 1110 g/mol. The summed E-state index contributed by atoms with van der Waals surface area (Å²) in [5.74, 6) is -2.02. The van der Waals surface area contributed by atoms with Crippen LogP contribution in [0.25, 0.3) is 0 Å². The molecule has 0 amide bonds. The lowest BCUT2D eigenvalue weighted by Crippen LogP contribution is -2.78. The average molecular weight is 1210 g/mol. The molecular formula is C62H94O23. The number of Topliss-reactive ketones (excluding diaryl/α,β-unsaturated/α-hetero) is 1. The van der Waals surface area contributed by atoms with Crippen LogP contribution in [0.5, 0.6) is 5.75 Å². The fraction of sp³-hybridized carbons (Fsp3) is 0.839. The van der Waals surface area contributed by atoms with Gasteiger partial charge in [-0.1, -0.05) is 18.6 Å². The smallest absolute Gasteiger partial charge is 0.338 e. The Labute approximate surface area is 498 Å². The van der Waals surface area contributed by atoms with Crippen LogP contribution < -0.4 is 0 Å². The summed E-state index contributed by atoms with van der Waals surface area (Å²) in [6, 6.07) is 5.55. The number of phenolic OH excluding ortho intramolecular Hbond substituents is 1. The third kappa shape index (κ3) is 11.8. The van der Waals surface area contributed by atoms with Gasteiger partial charge in [-0.05, 0) is 123 Å². The molecule has 0 radical (unpaired) electrons. The minimum Gasteiger partial charge on any atom is -0.508 e. The summed E-state index contributed by atoms with van der Waals surface area (Å²) in [4.78, 5) is 27.1. The van der Waals surface area contributed by atoms with Crippen molar-refractivity contribution >= 4 is 11.8 Å². The summed E-state index contributed by atoms with van der Waals surface area (Å²) in [6.45, 7) is 14.1. The van der Waals surface area contributed by atoms with E-state index in [1.807, 2.05) is 33.8 Å². The molecule has 23 nitrogen and oxygen atoms in total. The van der Waals surface area contributed by atoms with Crippen LogP contribution in [0.3, 0.4) is 0 Å². The van der Waals surface area contributed by atoms with Gasteiger partial charge in [0.15, 0.2) is 37.2 Å². The predicted octanol–water partition coefficient (Wildman–Crippen LogP) is 4.42. The minimum atomic E-state index is -2.10. The van der Waals surface area contributed by atoms with E-state index in [2.05, 4.69) is 6.92 Å². The molecule has 3 saturated carbocycles. The van der Waals surface area contributed by atoms with Crippen molar-refractivity contribution in [3.05, 3.63) is 41.5 Å². The highest BCUT2D eigenvalue weighted by atomic mass is 16.8. The molecule has 1 aromatic rings. The Morgan fingerprint density at radius 3 is 1.52 bits per heavy atom. The third-order valence-corrected chi connectivity index (χ3v) is 21.4. The van der Waals surface area contributed by atoms with Gasteiger partial charge in [0, 0.05) is 66.5 Å². The summed E-state index contributed by atoms with van der Waals surface area (Å²) in [7, 11) is 6.41. The molecule has 10 rings (SSSR count). The van der Waals surface area contributed by atoms with E-state index in [0.717, 1.165) is 5.57 Å². The molecule has 480 valence electrons. The molecule has 8 fully saturated rings. The summed E-state index contributed by atoms with van der Waals surface area (Å²) < 4.78 is 94.1. The second kappa shape index (κ2) is 25.4. The van der Waals surface area contributed by atoms with Crippen LogP contribution in [-0.2, 0) is 75.8 Å². The summed E-state index contributed by atoms with van der Waals surface area (Å²) >= 11 is 0. The Balaban J connectivity index is 0.715. The quantitative estimate of drug-likeness (QED) is 0.0929. The van der Waals surface area contributed by atoms with Crippen LogP contribution in [0.4, 0.5) is 0 Å². The van der Waals surface area contributed by atoms with E-state index in [-0.39, 0.29) is 62.0 Å². The Bertz CT molecular complexity index is 2490. The number of aliphatic hydroxyl groups excluding tert-OH is 2. The number of esters is 1. The minimum absolute atomic E-state index is 0.0346. The molecule has 5 saturated heterocycles. The van der Waals surface area contributed by atoms with Gasteiger partial charge in [0.2, 0.25) is 0 Å². The van der Waals surface area contributed by atoms with E-state index >= 15 is 0 Å². The molecule has 0 bridgehead atoms. The zero-order chi connectivity index (χ0) is 61.3. The van der Waals surface area contributed by atoms with Crippen LogP contribution in [-0.4, -0.2) is 223 Å². The number of carbonyl (C=O) groups excluding carboxylic acids is 2. The van der Waals surface area contributed by atoms with Crippen LogP contribution in [0, 0.1) is 16.7 Å². The van der Waals surface area contributed by atoms with Gasteiger partial charge in [-0.15, -0.1) is 0 Å². The maximum Gasteiger partial charge on any atom is 0.338 e. The van der Waals surface area contributed by atoms with E-state index in [9.17, 15) is 40.2 Å². The van der Waals surface area contributed by atoms with Crippen LogP contribution >= 0.6 is 0 Å². The molecule has 0 unspecified atom stereocenters. The molecule has 0 spiro atoms. The number of hydrogen-bond acceptors (Lipinski definition) is 23. The molecule has 85 heavy (non-hydrogen) atoms. The highest BCUT2D eigenvalue weighted by molar-refractivity contribution is 5.90. The number of fused-ring (bicyclic) bond motifs is 5. The summed E-state index contributed by atoms with van der Waals surface area (Å²) in [5.41, 5.74) is -7.24. The normalized spacial score (nSPS) is 49.2. The van der Waals surface area contributed by atoms with Gasteiger partial charge in [-0.2, -0.15) is 0 Å². The molecule has 1 aromatic carbocycles. The Kier molecular flexibility index (Phi) is 19.5. The maximum absolute atomic E-state index is 13.8. The maximum atomic E-state index is 13.8. The third-order valence-electron chi connectivity index (χ3n) is 21.4. The number of rotatable bonds is 17. The lowest BCUT2D eigenvalue weighted by molar-refractivity contribution is -0.351. The van der Waals surface area contributed by atoms with Gasteiger partial charge >= 0.3 is 5.97 Å². The number of carbonyl (C=O) groups is 2. The molecule has 6 N–H and O–H groups in total. The Morgan fingerprint density at radius 2 is 1.04 bits per heavy atom. The first kappa shape index (κ1) is 65.1. The van der Waals surface area contributed by atoms with E-state index in [0.29, 0.717) is 38.5 Å². The van der Waals surface area contributed by atoms with Crippen molar-refractivity contribution in [2.24, 2.45) is 16.7 Å². The Morgan fingerprint density at radius 1 is 0.576 bits per heavy atom. The number of ether oxygens (including phenoxy) is 15. The first-order valence-electron chi connectivity index (χ1n) is 30.6. The number of aliphatic hydroxyl groups is 5. The van der Waals surface area contributed by atoms with Gasteiger partial charge in [0.25, 0.3) is 0 Å². The number of hydrogen-bond donors (Lipinski definition) is 6. The number of phenols is 1. The summed E-state index contributed by atoms with van der Waals surface area (Å²) in [5, 5.41) is 70.1. The molecule has 28 atom stereocenters. The van der Waals surface area contributed by atoms with Crippen LogP contribution in [0.1, 0.15) is 143 Å². The predicted molar refractivity (Wildman–Crippen MR) is 297 cm³/mol. The Hall–Kier alpha value is -2.86. The molecule has 0 aromatic heterocycles. The van der Waals surface area contributed by atoms with E-state index in [1.165, 1.54) is 31.2 Å². The fourth-order valence-corrected chi connectivity index (χ4v) is 16.4. The van der Waals surface area contributed by atoms with E-state index < -0.39 is 168 Å². The van der Waals surface area contributed by atoms with Gasteiger partial charge < -0.3 is 102 Å². The number of aromatic hydroxyl groups is 1. The molecule has 23 heteroatoms. The number of methoxy groups -OCH3 is 4. The molecule has 4 aliphatic carbocycles. The van der Waals surface area contributed by atoms with Gasteiger partial charge in [0.1, 0.15) is 59.2 Å². The van der Waals surface area contributed by atoms with Gasteiger partial charge in [0.05, 0.1) is 78.1 Å². The lowest BCUT2D eigenvalue weighted by Gasteiger charge is -2.67. The molecule has 5 heterocycles. The first-order valence-corrected chi connectivity index (χ1v) is 30.6.